The van der Waals surface area contributed by atoms with E-state index in [2.05, 4.69) is 43.2 Å². The molecule has 1 fully saturated rings. The molecule has 0 amide bonds. The first-order valence-corrected chi connectivity index (χ1v) is 13.5. The molecule has 0 bridgehead atoms. The van der Waals surface area contributed by atoms with Crippen LogP contribution in [0.1, 0.15) is 50.6 Å². The summed E-state index contributed by atoms with van der Waals surface area (Å²) in [5.41, 5.74) is 1.77. The largest absolute Gasteiger partial charge is 0.468 e. The molecule has 4 aromatic rings. The van der Waals surface area contributed by atoms with Crippen LogP contribution < -0.4 is 5.32 Å². The molecule has 2 aromatic carbocycles. The molecule has 1 aliphatic rings. The highest BCUT2D eigenvalue weighted by Gasteiger charge is 2.35. The summed E-state index contributed by atoms with van der Waals surface area (Å²) in [4.78, 5) is 27.9. The smallest absolute Gasteiger partial charge is 0.418 e. The number of nitrogens with zero attached hydrogens (tertiary/aromatic N) is 4. The first-order chi connectivity index (χ1) is 19.4. The third-order valence-corrected chi connectivity index (χ3v) is 7.32. The van der Waals surface area contributed by atoms with Crippen LogP contribution in [-0.4, -0.2) is 45.5 Å². The Morgan fingerprint density at radius 1 is 1.07 bits per heavy atom. The highest BCUT2D eigenvalue weighted by atomic mass is 19.4. The SMILES string of the molecule is COC(=O)[C@@H]1CCCN1Cc1nc(Nc2ccc(C(C)(C)C)cc2)c2ccc(-c3ncccc3C(F)(F)F)cc2n1. The first kappa shape index (κ1) is 28.5. The number of alkyl halides is 3. The van der Waals surface area contributed by atoms with E-state index < -0.39 is 17.8 Å². The third kappa shape index (κ3) is 6.17. The van der Waals surface area contributed by atoms with E-state index in [0.29, 0.717) is 41.1 Å². The molecule has 1 saturated heterocycles. The molecule has 214 valence electrons. The van der Waals surface area contributed by atoms with Crippen molar-refractivity contribution < 1.29 is 22.7 Å². The zero-order valence-electron chi connectivity index (χ0n) is 23.4. The zero-order valence-corrected chi connectivity index (χ0v) is 23.4. The molecule has 0 spiro atoms. The number of carbonyl (C=O) groups excluding carboxylic acids is 1. The summed E-state index contributed by atoms with van der Waals surface area (Å²) in [7, 11) is 1.37. The maximum Gasteiger partial charge on any atom is 0.418 e. The van der Waals surface area contributed by atoms with Gasteiger partial charge in [0.1, 0.15) is 17.7 Å². The van der Waals surface area contributed by atoms with Gasteiger partial charge in [0, 0.05) is 22.8 Å². The number of aromatic nitrogens is 3. The highest BCUT2D eigenvalue weighted by molar-refractivity contribution is 5.93. The summed E-state index contributed by atoms with van der Waals surface area (Å²) in [6, 6.07) is 14.9. The van der Waals surface area contributed by atoms with Crippen LogP contribution in [0.2, 0.25) is 0 Å². The molecular formula is C31H32F3N5O2. The van der Waals surface area contributed by atoms with Crippen LogP contribution >= 0.6 is 0 Å². The van der Waals surface area contributed by atoms with Gasteiger partial charge in [0.25, 0.3) is 0 Å². The van der Waals surface area contributed by atoms with Gasteiger partial charge in [0.15, 0.2) is 0 Å². The molecule has 41 heavy (non-hydrogen) atoms. The van der Waals surface area contributed by atoms with Gasteiger partial charge in [-0.1, -0.05) is 39.0 Å². The molecule has 0 saturated carbocycles. The Kier molecular flexibility index (Phi) is 7.70. The van der Waals surface area contributed by atoms with Crippen LogP contribution in [0.3, 0.4) is 0 Å². The van der Waals surface area contributed by atoms with Crippen molar-refractivity contribution in [2.75, 3.05) is 19.0 Å². The molecule has 10 heteroatoms. The van der Waals surface area contributed by atoms with E-state index in [1.54, 1.807) is 18.2 Å². The van der Waals surface area contributed by atoms with Crippen molar-refractivity contribution in [2.24, 2.45) is 0 Å². The fourth-order valence-electron chi connectivity index (χ4n) is 5.15. The molecule has 0 unspecified atom stereocenters. The predicted molar refractivity (Wildman–Crippen MR) is 152 cm³/mol. The van der Waals surface area contributed by atoms with Crippen molar-refractivity contribution in [3.05, 3.63) is 77.7 Å². The van der Waals surface area contributed by atoms with Gasteiger partial charge in [-0.2, -0.15) is 13.2 Å². The number of likely N-dealkylation sites (tertiary alicyclic amines) is 1. The highest BCUT2D eigenvalue weighted by Crippen LogP contribution is 2.37. The number of fused-ring (bicyclic) bond motifs is 1. The Morgan fingerprint density at radius 3 is 2.51 bits per heavy atom. The van der Waals surface area contributed by atoms with E-state index in [1.807, 2.05) is 17.0 Å². The monoisotopic (exact) mass is 563 g/mol. The number of nitrogens with one attached hydrogen (secondary N) is 1. The fourth-order valence-corrected chi connectivity index (χ4v) is 5.15. The number of rotatable bonds is 6. The number of halogens is 3. The lowest BCUT2D eigenvalue weighted by atomic mass is 9.87. The minimum Gasteiger partial charge on any atom is -0.468 e. The Hall–Kier alpha value is -4.05. The van der Waals surface area contributed by atoms with Crippen molar-refractivity contribution in [3.8, 4) is 11.3 Å². The number of pyridine rings is 1. The molecule has 0 aliphatic carbocycles. The minimum atomic E-state index is -4.56. The number of hydrogen-bond donors (Lipinski definition) is 1. The lowest BCUT2D eigenvalue weighted by Crippen LogP contribution is -2.36. The maximum atomic E-state index is 13.8. The van der Waals surface area contributed by atoms with Crippen LogP contribution in [0.5, 0.6) is 0 Å². The van der Waals surface area contributed by atoms with Crippen LogP contribution in [0, 0.1) is 0 Å². The molecule has 1 aliphatic heterocycles. The number of esters is 1. The summed E-state index contributed by atoms with van der Waals surface area (Å²) in [5.74, 6) is 0.653. The molecule has 3 heterocycles. The van der Waals surface area contributed by atoms with Crippen molar-refractivity contribution >= 4 is 28.4 Å². The van der Waals surface area contributed by atoms with Gasteiger partial charge in [-0.3, -0.25) is 14.7 Å². The van der Waals surface area contributed by atoms with Gasteiger partial charge in [-0.15, -0.1) is 0 Å². The Labute approximate surface area is 236 Å². The van der Waals surface area contributed by atoms with E-state index in [0.717, 1.165) is 18.2 Å². The van der Waals surface area contributed by atoms with Crippen molar-refractivity contribution in [1.82, 2.24) is 19.9 Å². The van der Waals surface area contributed by atoms with Gasteiger partial charge in [-0.05, 0) is 66.8 Å². The second kappa shape index (κ2) is 11.1. The van der Waals surface area contributed by atoms with Crippen molar-refractivity contribution in [1.29, 1.82) is 0 Å². The Morgan fingerprint density at radius 2 is 1.83 bits per heavy atom. The summed E-state index contributed by atoms with van der Waals surface area (Å²) < 4.78 is 46.3. The molecule has 1 atom stereocenters. The van der Waals surface area contributed by atoms with Gasteiger partial charge in [0.2, 0.25) is 0 Å². The lowest BCUT2D eigenvalue weighted by molar-refractivity contribution is -0.146. The van der Waals surface area contributed by atoms with Gasteiger partial charge in [-0.25, -0.2) is 9.97 Å². The number of carbonyl (C=O) groups is 1. The molecule has 5 rings (SSSR count). The number of benzene rings is 2. The van der Waals surface area contributed by atoms with E-state index in [-0.39, 0.29) is 23.6 Å². The summed E-state index contributed by atoms with van der Waals surface area (Å²) >= 11 is 0. The summed E-state index contributed by atoms with van der Waals surface area (Å²) in [5, 5.41) is 4.02. The first-order valence-electron chi connectivity index (χ1n) is 13.5. The third-order valence-electron chi connectivity index (χ3n) is 7.32. The molecule has 0 radical (unpaired) electrons. The van der Waals surface area contributed by atoms with Crippen molar-refractivity contribution in [2.45, 2.75) is 57.8 Å². The van der Waals surface area contributed by atoms with E-state index >= 15 is 0 Å². The summed E-state index contributed by atoms with van der Waals surface area (Å²) in [6.07, 6.45) is -1.70. The van der Waals surface area contributed by atoms with Gasteiger partial charge >= 0.3 is 12.1 Å². The second-order valence-corrected chi connectivity index (χ2v) is 11.2. The van der Waals surface area contributed by atoms with Crippen LogP contribution in [0.4, 0.5) is 24.7 Å². The van der Waals surface area contributed by atoms with Crippen LogP contribution in [0.25, 0.3) is 22.2 Å². The van der Waals surface area contributed by atoms with Gasteiger partial charge in [0.05, 0.1) is 30.4 Å². The average Bonchev–Trinajstić information content (AvgIpc) is 3.39. The predicted octanol–water partition coefficient (Wildman–Crippen LogP) is 6.89. The molecule has 2 aromatic heterocycles. The lowest BCUT2D eigenvalue weighted by Gasteiger charge is -2.22. The summed E-state index contributed by atoms with van der Waals surface area (Å²) in [6.45, 7) is 7.39. The van der Waals surface area contributed by atoms with Crippen LogP contribution in [0.15, 0.2) is 60.8 Å². The van der Waals surface area contributed by atoms with E-state index in [4.69, 9.17) is 14.7 Å². The quantitative estimate of drug-likeness (QED) is 0.256. The fraction of sp³-hybridized carbons (Fsp3) is 0.355. The number of anilines is 2. The maximum absolute atomic E-state index is 13.8. The number of ether oxygens (including phenoxy) is 1. The van der Waals surface area contributed by atoms with Crippen molar-refractivity contribution in [3.63, 3.8) is 0 Å². The minimum absolute atomic E-state index is 0.00361. The standard InChI is InChI=1S/C31H32F3N5O2/c1-30(2,3)20-10-12-21(13-11-20)36-28-22-14-9-19(27-23(31(32,33)34)7-5-15-35-27)17-24(22)37-26(38-28)18-39-16-6-8-25(39)29(40)41-4/h5,7,9-15,17,25H,6,8,16,18H2,1-4H3,(H,36,37,38)/t25-/m0/s1. The second-order valence-electron chi connectivity index (χ2n) is 11.2. The van der Waals surface area contributed by atoms with Gasteiger partial charge < -0.3 is 10.1 Å². The topological polar surface area (TPSA) is 80.2 Å². The van der Waals surface area contributed by atoms with E-state index in [9.17, 15) is 18.0 Å². The van der Waals surface area contributed by atoms with Crippen LogP contribution in [-0.2, 0) is 27.7 Å². The Bertz CT molecular complexity index is 1570. The number of methoxy groups -OCH3 is 1. The number of hydrogen-bond acceptors (Lipinski definition) is 7. The molecule has 1 N–H and O–H groups in total. The van der Waals surface area contributed by atoms with E-state index in [1.165, 1.54) is 24.9 Å². The zero-order chi connectivity index (χ0) is 29.4. The molecule has 7 nitrogen and oxygen atoms in total. The normalized spacial score (nSPS) is 16.2. The Balaban J connectivity index is 1.58. The molecular weight excluding hydrogens is 531 g/mol. The average molecular weight is 564 g/mol.